The second-order valence-electron chi connectivity index (χ2n) is 4.21. The number of ether oxygens (including phenoxy) is 1. The Morgan fingerprint density at radius 3 is 2.67 bits per heavy atom. The van der Waals surface area contributed by atoms with Gasteiger partial charge < -0.3 is 10.1 Å². The van der Waals surface area contributed by atoms with Crippen molar-refractivity contribution in [3.8, 4) is 0 Å². The predicted molar refractivity (Wildman–Crippen MR) is 66.4 cm³/mol. The fourth-order valence-electron chi connectivity index (χ4n) is 1.48. The third-order valence-electron chi connectivity index (χ3n) is 2.64. The van der Waals surface area contributed by atoms with Gasteiger partial charge in [0, 0.05) is 24.6 Å². The molecule has 1 heterocycles. The van der Waals surface area contributed by atoms with Gasteiger partial charge in [-0.3, -0.25) is 0 Å². The number of methoxy groups -OCH3 is 1. The highest BCUT2D eigenvalue weighted by atomic mass is 32.1. The number of aryl methyl sites for hydroxylation is 1. The molecule has 0 aromatic carbocycles. The van der Waals surface area contributed by atoms with Crippen LogP contribution < -0.4 is 5.32 Å². The lowest BCUT2D eigenvalue weighted by Crippen LogP contribution is -2.37. The average Bonchev–Trinajstić information content (AvgIpc) is 2.58. The van der Waals surface area contributed by atoms with Crippen molar-refractivity contribution >= 4 is 11.3 Å². The van der Waals surface area contributed by atoms with E-state index in [-0.39, 0.29) is 0 Å². The molecule has 0 saturated carbocycles. The van der Waals surface area contributed by atoms with Crippen LogP contribution in [0, 0.1) is 12.8 Å². The number of hydrogen-bond donors (Lipinski definition) is 1. The highest BCUT2D eigenvalue weighted by Crippen LogP contribution is 2.15. The molecule has 1 aromatic rings. The lowest BCUT2D eigenvalue weighted by Gasteiger charge is -2.21. The van der Waals surface area contributed by atoms with Crippen LogP contribution in [0.3, 0.4) is 0 Å². The monoisotopic (exact) mass is 227 g/mol. The van der Waals surface area contributed by atoms with Crippen LogP contribution in [0.4, 0.5) is 0 Å². The lowest BCUT2D eigenvalue weighted by atomic mass is 10.1. The van der Waals surface area contributed by atoms with E-state index < -0.39 is 0 Å². The molecule has 0 fully saturated rings. The van der Waals surface area contributed by atoms with Crippen LogP contribution in [0.25, 0.3) is 0 Å². The first-order valence-electron chi connectivity index (χ1n) is 5.40. The van der Waals surface area contributed by atoms with Gasteiger partial charge in [-0.15, -0.1) is 11.3 Å². The van der Waals surface area contributed by atoms with Crippen molar-refractivity contribution in [1.29, 1.82) is 0 Å². The summed E-state index contributed by atoms with van der Waals surface area (Å²) in [6.45, 7) is 8.34. The summed E-state index contributed by atoms with van der Waals surface area (Å²) in [4.78, 5) is 1.43. The molecule has 15 heavy (non-hydrogen) atoms. The molecule has 0 amide bonds. The number of nitrogens with one attached hydrogen (secondary N) is 1. The van der Waals surface area contributed by atoms with Crippen LogP contribution in [0.15, 0.2) is 11.4 Å². The Kier molecular flexibility index (Phi) is 5.29. The minimum Gasteiger partial charge on any atom is -0.383 e. The van der Waals surface area contributed by atoms with Crippen molar-refractivity contribution in [3.05, 3.63) is 21.9 Å². The molecule has 0 aliphatic carbocycles. The van der Waals surface area contributed by atoms with Gasteiger partial charge in [0.2, 0.25) is 0 Å². The van der Waals surface area contributed by atoms with E-state index in [0.717, 1.165) is 13.2 Å². The molecule has 86 valence electrons. The predicted octanol–water partition coefficient (Wildman–Crippen LogP) is 2.82. The van der Waals surface area contributed by atoms with E-state index >= 15 is 0 Å². The maximum Gasteiger partial charge on any atom is 0.0618 e. The van der Waals surface area contributed by atoms with Gasteiger partial charge in [-0.05, 0) is 29.9 Å². The molecule has 1 N–H and O–H groups in total. The van der Waals surface area contributed by atoms with Gasteiger partial charge in [0.1, 0.15) is 0 Å². The molecule has 1 atom stereocenters. The van der Waals surface area contributed by atoms with Gasteiger partial charge in [-0.25, -0.2) is 0 Å². The molecule has 0 spiro atoms. The Labute approximate surface area is 96.7 Å². The minimum absolute atomic E-state index is 0.441. The Bertz CT molecular complexity index is 283. The molecule has 1 rings (SSSR count). The largest absolute Gasteiger partial charge is 0.383 e. The van der Waals surface area contributed by atoms with Crippen LogP contribution in [0.5, 0.6) is 0 Å². The summed E-state index contributed by atoms with van der Waals surface area (Å²) in [5.41, 5.74) is 1.38. The van der Waals surface area contributed by atoms with Gasteiger partial charge in [0.15, 0.2) is 0 Å². The van der Waals surface area contributed by atoms with E-state index in [1.807, 2.05) is 11.3 Å². The first kappa shape index (κ1) is 12.7. The second kappa shape index (κ2) is 6.26. The van der Waals surface area contributed by atoms with Crippen LogP contribution in [0.2, 0.25) is 0 Å². The number of hydrogen-bond acceptors (Lipinski definition) is 3. The summed E-state index contributed by atoms with van der Waals surface area (Å²) in [7, 11) is 1.76. The Morgan fingerprint density at radius 1 is 1.47 bits per heavy atom. The highest BCUT2D eigenvalue weighted by molar-refractivity contribution is 7.10. The molecule has 0 radical (unpaired) electrons. The maximum atomic E-state index is 5.21. The maximum absolute atomic E-state index is 5.21. The van der Waals surface area contributed by atoms with E-state index in [1.54, 1.807) is 7.11 Å². The molecule has 0 aliphatic rings. The number of thiophene rings is 1. The summed E-state index contributed by atoms with van der Waals surface area (Å²) in [6, 6.07) is 2.61. The van der Waals surface area contributed by atoms with Crippen molar-refractivity contribution in [2.75, 3.05) is 13.7 Å². The SMILES string of the molecule is COCC(NCc1sccc1C)C(C)C. The van der Waals surface area contributed by atoms with Crippen molar-refractivity contribution < 1.29 is 4.74 Å². The van der Waals surface area contributed by atoms with E-state index in [2.05, 4.69) is 37.5 Å². The summed E-state index contributed by atoms with van der Waals surface area (Å²) in [5, 5.41) is 5.69. The Balaban J connectivity index is 2.43. The molecule has 1 unspecified atom stereocenters. The van der Waals surface area contributed by atoms with E-state index in [0.29, 0.717) is 12.0 Å². The summed E-state index contributed by atoms with van der Waals surface area (Å²) in [5.74, 6) is 0.602. The van der Waals surface area contributed by atoms with Gasteiger partial charge in [0.25, 0.3) is 0 Å². The van der Waals surface area contributed by atoms with Gasteiger partial charge in [-0.2, -0.15) is 0 Å². The average molecular weight is 227 g/mol. The summed E-state index contributed by atoms with van der Waals surface area (Å²) < 4.78 is 5.21. The zero-order valence-electron chi connectivity index (χ0n) is 10.0. The summed E-state index contributed by atoms with van der Waals surface area (Å²) in [6.07, 6.45) is 0. The zero-order chi connectivity index (χ0) is 11.3. The fraction of sp³-hybridized carbons (Fsp3) is 0.667. The molecular weight excluding hydrogens is 206 g/mol. The normalized spacial score (nSPS) is 13.4. The fourth-order valence-corrected chi connectivity index (χ4v) is 2.33. The molecule has 0 bridgehead atoms. The van der Waals surface area contributed by atoms with Crippen molar-refractivity contribution in [3.63, 3.8) is 0 Å². The van der Waals surface area contributed by atoms with E-state index in [1.165, 1.54) is 10.4 Å². The third-order valence-corrected chi connectivity index (χ3v) is 3.67. The lowest BCUT2D eigenvalue weighted by molar-refractivity contribution is 0.146. The second-order valence-corrected chi connectivity index (χ2v) is 5.21. The smallest absolute Gasteiger partial charge is 0.0618 e. The van der Waals surface area contributed by atoms with Crippen LogP contribution in [-0.2, 0) is 11.3 Å². The molecule has 2 nitrogen and oxygen atoms in total. The van der Waals surface area contributed by atoms with Gasteiger partial charge in [0.05, 0.1) is 6.61 Å². The molecule has 0 saturated heterocycles. The highest BCUT2D eigenvalue weighted by Gasteiger charge is 2.12. The molecule has 0 aliphatic heterocycles. The summed E-state index contributed by atoms with van der Waals surface area (Å²) >= 11 is 1.82. The molecule has 1 aromatic heterocycles. The first-order chi connectivity index (χ1) is 7.15. The van der Waals surface area contributed by atoms with Crippen LogP contribution in [-0.4, -0.2) is 19.8 Å². The van der Waals surface area contributed by atoms with Crippen LogP contribution >= 0.6 is 11.3 Å². The Morgan fingerprint density at radius 2 is 2.20 bits per heavy atom. The zero-order valence-corrected chi connectivity index (χ0v) is 10.9. The third kappa shape index (κ3) is 3.93. The van der Waals surface area contributed by atoms with Crippen molar-refractivity contribution in [2.45, 2.75) is 33.4 Å². The number of rotatable bonds is 6. The van der Waals surface area contributed by atoms with Crippen LogP contribution in [0.1, 0.15) is 24.3 Å². The topological polar surface area (TPSA) is 21.3 Å². The Hall–Kier alpha value is -0.380. The van der Waals surface area contributed by atoms with Crippen molar-refractivity contribution in [2.24, 2.45) is 5.92 Å². The standard InChI is InChI=1S/C12H21NOS/c1-9(2)11(8-14-4)13-7-12-10(3)5-6-15-12/h5-6,9,11,13H,7-8H2,1-4H3. The minimum atomic E-state index is 0.441. The van der Waals surface area contributed by atoms with Gasteiger partial charge >= 0.3 is 0 Å². The quantitative estimate of drug-likeness (QED) is 0.807. The molecule has 3 heteroatoms. The molecular formula is C12H21NOS. The first-order valence-corrected chi connectivity index (χ1v) is 6.28. The van der Waals surface area contributed by atoms with Crippen molar-refractivity contribution in [1.82, 2.24) is 5.32 Å². The van der Waals surface area contributed by atoms with Gasteiger partial charge in [-0.1, -0.05) is 13.8 Å². The van der Waals surface area contributed by atoms with E-state index in [4.69, 9.17) is 4.74 Å². The van der Waals surface area contributed by atoms with E-state index in [9.17, 15) is 0 Å².